The van der Waals surface area contributed by atoms with E-state index in [9.17, 15) is 4.79 Å². The van der Waals surface area contributed by atoms with E-state index in [-0.39, 0.29) is 5.91 Å². The van der Waals surface area contributed by atoms with Gasteiger partial charge < -0.3 is 14.6 Å². The molecule has 0 spiro atoms. The highest BCUT2D eigenvalue weighted by molar-refractivity contribution is 8.00. The van der Waals surface area contributed by atoms with E-state index in [1.807, 2.05) is 89.5 Å². The topological polar surface area (TPSA) is 69.0 Å². The number of hydrogen-bond donors (Lipinski definition) is 1. The maximum Gasteiger partial charge on any atom is 0.242 e. The maximum absolute atomic E-state index is 13.4. The molecule has 0 saturated heterocycles. The minimum absolute atomic E-state index is 0.131. The molecule has 0 aliphatic rings. The standard InChI is InChI=1S/C26H25ClN4O2S/c1-33-18-10-17-31-24(21-15-8-9-16-22(21)27)29-30-26(31)34-23(19-11-4-2-5-12-19)25(32)28-20-13-6-3-7-14-20/h2-9,11-16,23H,10,17-18H2,1H3,(H,28,32). The molecule has 0 bridgehead atoms. The Hall–Kier alpha value is -3.13. The molecule has 1 atom stereocenters. The average Bonchev–Trinajstić information content (AvgIpc) is 3.26. The molecule has 0 aliphatic heterocycles. The van der Waals surface area contributed by atoms with Crippen molar-refractivity contribution in [2.45, 2.75) is 23.4 Å². The monoisotopic (exact) mass is 492 g/mol. The average molecular weight is 493 g/mol. The number of nitrogens with zero attached hydrogens (tertiary/aromatic N) is 3. The number of amides is 1. The lowest BCUT2D eigenvalue weighted by Gasteiger charge is -2.18. The number of hydrogen-bond acceptors (Lipinski definition) is 5. The molecule has 1 aromatic heterocycles. The summed E-state index contributed by atoms with van der Waals surface area (Å²) in [6.45, 7) is 1.23. The van der Waals surface area contributed by atoms with E-state index in [2.05, 4.69) is 15.5 Å². The first-order valence-corrected chi connectivity index (χ1v) is 12.2. The first kappa shape index (κ1) is 24.0. The van der Waals surface area contributed by atoms with Crippen molar-refractivity contribution >= 4 is 35.0 Å². The minimum atomic E-state index is -0.522. The Balaban J connectivity index is 1.69. The van der Waals surface area contributed by atoms with Crippen LogP contribution in [-0.4, -0.2) is 34.4 Å². The Bertz CT molecular complexity index is 1220. The third-order valence-corrected chi connectivity index (χ3v) is 6.73. The molecule has 4 rings (SSSR count). The van der Waals surface area contributed by atoms with Gasteiger partial charge in [-0.1, -0.05) is 84.0 Å². The van der Waals surface area contributed by atoms with Crippen molar-refractivity contribution in [3.63, 3.8) is 0 Å². The lowest BCUT2D eigenvalue weighted by Crippen LogP contribution is -2.19. The molecule has 1 amide bonds. The van der Waals surface area contributed by atoms with Crippen molar-refractivity contribution in [3.05, 3.63) is 95.5 Å². The largest absolute Gasteiger partial charge is 0.385 e. The fraction of sp³-hybridized carbons (Fsp3) is 0.192. The predicted molar refractivity (Wildman–Crippen MR) is 137 cm³/mol. The Labute approximate surface area is 208 Å². The van der Waals surface area contributed by atoms with E-state index < -0.39 is 5.25 Å². The number of methoxy groups -OCH3 is 1. The second-order valence-electron chi connectivity index (χ2n) is 7.55. The number of carbonyl (C=O) groups is 1. The lowest BCUT2D eigenvalue weighted by molar-refractivity contribution is -0.115. The van der Waals surface area contributed by atoms with Crippen molar-refractivity contribution in [1.29, 1.82) is 0 Å². The van der Waals surface area contributed by atoms with E-state index >= 15 is 0 Å². The molecule has 0 saturated carbocycles. The molecule has 1 heterocycles. The molecule has 8 heteroatoms. The number of rotatable bonds is 10. The van der Waals surface area contributed by atoms with Crippen LogP contribution in [-0.2, 0) is 16.1 Å². The molecular weight excluding hydrogens is 468 g/mol. The summed E-state index contributed by atoms with van der Waals surface area (Å²) in [5, 5.41) is 12.7. The van der Waals surface area contributed by atoms with Gasteiger partial charge in [0.05, 0.1) is 5.02 Å². The van der Waals surface area contributed by atoms with E-state index in [0.29, 0.717) is 29.2 Å². The van der Waals surface area contributed by atoms with Crippen molar-refractivity contribution in [1.82, 2.24) is 14.8 Å². The molecule has 1 N–H and O–H groups in total. The number of carbonyl (C=O) groups excluding carboxylic acids is 1. The normalized spacial score (nSPS) is 11.8. The van der Waals surface area contributed by atoms with Gasteiger partial charge in [-0.2, -0.15) is 0 Å². The molecule has 34 heavy (non-hydrogen) atoms. The summed E-state index contributed by atoms with van der Waals surface area (Å²) >= 11 is 7.84. The number of anilines is 1. The Morgan fingerprint density at radius 3 is 2.38 bits per heavy atom. The molecule has 174 valence electrons. The van der Waals surface area contributed by atoms with Crippen molar-refractivity contribution < 1.29 is 9.53 Å². The zero-order valence-electron chi connectivity index (χ0n) is 18.7. The summed E-state index contributed by atoms with van der Waals surface area (Å²) in [5.74, 6) is 0.535. The number of aromatic nitrogens is 3. The highest BCUT2D eigenvalue weighted by atomic mass is 35.5. The summed E-state index contributed by atoms with van der Waals surface area (Å²) < 4.78 is 7.26. The van der Waals surface area contributed by atoms with Gasteiger partial charge in [0.15, 0.2) is 11.0 Å². The van der Waals surface area contributed by atoms with E-state index in [0.717, 1.165) is 23.2 Å². The molecule has 6 nitrogen and oxygen atoms in total. The summed E-state index contributed by atoms with van der Waals surface area (Å²) in [7, 11) is 1.68. The molecule has 4 aromatic rings. The quantitative estimate of drug-likeness (QED) is 0.214. The fourth-order valence-electron chi connectivity index (χ4n) is 3.52. The second-order valence-corrected chi connectivity index (χ2v) is 9.03. The van der Waals surface area contributed by atoms with Crippen LogP contribution in [0.2, 0.25) is 5.02 Å². The third-order valence-electron chi connectivity index (χ3n) is 5.17. The smallest absolute Gasteiger partial charge is 0.242 e. The van der Waals surface area contributed by atoms with Crippen LogP contribution in [0.4, 0.5) is 5.69 Å². The summed E-state index contributed by atoms with van der Waals surface area (Å²) in [6, 6.07) is 26.7. The highest BCUT2D eigenvalue weighted by Gasteiger charge is 2.26. The Morgan fingerprint density at radius 2 is 1.68 bits per heavy atom. The van der Waals surface area contributed by atoms with E-state index in [1.54, 1.807) is 7.11 Å². The molecular formula is C26H25ClN4O2S. The van der Waals surface area contributed by atoms with Gasteiger partial charge in [0.2, 0.25) is 5.91 Å². The summed E-state index contributed by atoms with van der Waals surface area (Å²) in [6.07, 6.45) is 0.770. The molecule has 0 aliphatic carbocycles. The molecule has 3 aromatic carbocycles. The van der Waals surface area contributed by atoms with Gasteiger partial charge in [-0.05, 0) is 36.2 Å². The zero-order chi connectivity index (χ0) is 23.8. The first-order chi connectivity index (χ1) is 16.7. The van der Waals surface area contributed by atoms with Gasteiger partial charge in [-0.15, -0.1) is 10.2 Å². The first-order valence-electron chi connectivity index (χ1n) is 10.9. The van der Waals surface area contributed by atoms with E-state index in [1.165, 1.54) is 11.8 Å². The van der Waals surface area contributed by atoms with Gasteiger partial charge in [0.1, 0.15) is 5.25 Å². The lowest BCUT2D eigenvalue weighted by atomic mass is 10.1. The second kappa shape index (κ2) is 11.8. The highest BCUT2D eigenvalue weighted by Crippen LogP contribution is 2.38. The third kappa shape index (κ3) is 5.86. The van der Waals surface area contributed by atoms with Crippen LogP contribution >= 0.6 is 23.4 Å². The van der Waals surface area contributed by atoms with Crippen LogP contribution < -0.4 is 5.32 Å². The number of nitrogens with one attached hydrogen (secondary N) is 1. The van der Waals surface area contributed by atoms with Crippen molar-refractivity contribution in [2.75, 3.05) is 19.0 Å². The van der Waals surface area contributed by atoms with E-state index in [4.69, 9.17) is 16.3 Å². The molecule has 1 unspecified atom stereocenters. The predicted octanol–water partition coefficient (Wildman–Crippen LogP) is 6.11. The van der Waals surface area contributed by atoms with Crippen LogP contribution in [0.5, 0.6) is 0 Å². The van der Waals surface area contributed by atoms with Crippen LogP contribution in [0.3, 0.4) is 0 Å². The SMILES string of the molecule is COCCCn1c(SC(C(=O)Nc2ccccc2)c2ccccc2)nnc1-c1ccccc1Cl. The van der Waals surface area contributed by atoms with Gasteiger partial charge in [0.25, 0.3) is 0 Å². The number of benzene rings is 3. The zero-order valence-corrected chi connectivity index (χ0v) is 20.3. The fourth-order valence-corrected chi connectivity index (χ4v) is 4.80. The van der Waals surface area contributed by atoms with Crippen molar-refractivity contribution in [2.24, 2.45) is 0 Å². The van der Waals surface area contributed by atoms with Gasteiger partial charge in [0, 0.05) is 31.5 Å². The van der Waals surface area contributed by atoms with Crippen molar-refractivity contribution in [3.8, 4) is 11.4 Å². The number of para-hydroxylation sites is 1. The Morgan fingerprint density at radius 1 is 1.00 bits per heavy atom. The summed E-state index contributed by atoms with van der Waals surface area (Å²) in [5.41, 5.74) is 2.42. The van der Waals surface area contributed by atoms with Gasteiger partial charge in [-0.25, -0.2) is 0 Å². The summed E-state index contributed by atoms with van der Waals surface area (Å²) in [4.78, 5) is 13.4. The minimum Gasteiger partial charge on any atom is -0.385 e. The number of ether oxygens (including phenoxy) is 1. The molecule has 0 radical (unpaired) electrons. The molecule has 0 fully saturated rings. The van der Waals surface area contributed by atoms with Crippen LogP contribution in [0.15, 0.2) is 90.1 Å². The van der Waals surface area contributed by atoms with Gasteiger partial charge in [-0.3, -0.25) is 4.79 Å². The number of halogens is 1. The number of thioether (sulfide) groups is 1. The van der Waals surface area contributed by atoms with Crippen LogP contribution in [0, 0.1) is 0 Å². The Kier molecular flexibility index (Phi) is 8.36. The van der Waals surface area contributed by atoms with Gasteiger partial charge >= 0.3 is 0 Å². The van der Waals surface area contributed by atoms with Crippen LogP contribution in [0.1, 0.15) is 17.2 Å². The van der Waals surface area contributed by atoms with Crippen LogP contribution in [0.25, 0.3) is 11.4 Å². The maximum atomic E-state index is 13.4.